The van der Waals surface area contributed by atoms with Gasteiger partial charge in [0.15, 0.2) is 0 Å². The number of hydrogen-bond acceptors (Lipinski definition) is 7. The van der Waals surface area contributed by atoms with Gasteiger partial charge in [-0.25, -0.2) is 15.0 Å². The van der Waals surface area contributed by atoms with E-state index in [1.807, 2.05) is 30.5 Å². The lowest BCUT2D eigenvalue weighted by Crippen LogP contribution is -2.08. The average molecular weight is 382 g/mol. The number of aromatic nitrogens is 3. The van der Waals surface area contributed by atoms with Crippen LogP contribution in [0.25, 0.3) is 10.6 Å². The number of carbonyl (C=O) groups is 1. The Morgan fingerprint density at radius 3 is 2.81 bits per heavy atom. The lowest BCUT2D eigenvalue weighted by Gasteiger charge is -2.08. The molecule has 3 aromatic rings. The number of carbonyl (C=O) groups excluding carboxylic acids is 1. The molecule has 0 aliphatic carbocycles. The molecule has 0 amide bonds. The third-order valence-electron chi connectivity index (χ3n) is 3.75. The maximum Gasteiger partial charge on any atom is 0.310 e. The zero-order valence-corrected chi connectivity index (χ0v) is 16.4. The van der Waals surface area contributed by atoms with Crippen molar-refractivity contribution in [2.75, 3.05) is 11.9 Å². The van der Waals surface area contributed by atoms with Gasteiger partial charge in [0.2, 0.25) is 0 Å². The van der Waals surface area contributed by atoms with Gasteiger partial charge in [0, 0.05) is 18.3 Å². The first kappa shape index (κ1) is 19.0. The van der Waals surface area contributed by atoms with Crippen LogP contribution in [0.4, 0.5) is 11.6 Å². The van der Waals surface area contributed by atoms with Crippen molar-refractivity contribution in [3.63, 3.8) is 0 Å². The summed E-state index contributed by atoms with van der Waals surface area (Å²) in [5.41, 5.74) is 1.71. The predicted octanol–water partition coefficient (Wildman–Crippen LogP) is 4.57. The number of hydrogen-bond donors (Lipinski definition) is 1. The molecule has 0 spiro atoms. The fourth-order valence-electron chi connectivity index (χ4n) is 2.48. The summed E-state index contributed by atoms with van der Waals surface area (Å²) in [6.07, 6.45) is 3.75. The quantitative estimate of drug-likeness (QED) is 0.603. The zero-order valence-electron chi connectivity index (χ0n) is 15.6. The topological polar surface area (TPSA) is 77.0 Å². The van der Waals surface area contributed by atoms with E-state index in [2.05, 4.69) is 34.1 Å². The third-order valence-corrected chi connectivity index (χ3v) is 5.07. The molecule has 0 saturated heterocycles. The van der Waals surface area contributed by atoms with Crippen LogP contribution in [-0.4, -0.2) is 27.5 Å². The van der Waals surface area contributed by atoms with Crippen LogP contribution in [0.5, 0.6) is 0 Å². The third kappa shape index (κ3) is 5.10. The van der Waals surface area contributed by atoms with Crippen molar-refractivity contribution in [1.82, 2.24) is 15.0 Å². The number of rotatable bonds is 7. The molecule has 3 heterocycles. The molecule has 0 aliphatic heterocycles. The van der Waals surface area contributed by atoms with E-state index in [-0.39, 0.29) is 12.4 Å². The van der Waals surface area contributed by atoms with Crippen molar-refractivity contribution in [3.8, 4) is 10.6 Å². The van der Waals surface area contributed by atoms with Gasteiger partial charge in [-0.05, 0) is 36.8 Å². The summed E-state index contributed by atoms with van der Waals surface area (Å²) in [5.74, 6) is 1.47. The van der Waals surface area contributed by atoms with Crippen LogP contribution in [0.1, 0.15) is 37.3 Å². The zero-order chi connectivity index (χ0) is 19.2. The van der Waals surface area contributed by atoms with Crippen molar-refractivity contribution >= 4 is 28.9 Å². The van der Waals surface area contributed by atoms with Gasteiger partial charge < -0.3 is 10.1 Å². The van der Waals surface area contributed by atoms with Crippen LogP contribution in [0, 0.1) is 0 Å². The van der Waals surface area contributed by atoms with Crippen LogP contribution in [-0.2, 0) is 16.0 Å². The van der Waals surface area contributed by atoms with E-state index >= 15 is 0 Å². The molecular weight excluding hydrogens is 360 g/mol. The molecule has 7 heteroatoms. The highest BCUT2D eigenvalue weighted by Gasteiger charge is 2.10. The number of ether oxygens (including phenoxy) is 1. The Hall–Kier alpha value is -2.80. The summed E-state index contributed by atoms with van der Waals surface area (Å²) >= 11 is 1.65. The fourth-order valence-corrected chi connectivity index (χ4v) is 3.37. The second-order valence-corrected chi connectivity index (χ2v) is 7.34. The van der Waals surface area contributed by atoms with E-state index in [9.17, 15) is 4.79 Å². The van der Waals surface area contributed by atoms with Crippen molar-refractivity contribution in [2.45, 2.75) is 33.1 Å². The number of esters is 1. The summed E-state index contributed by atoms with van der Waals surface area (Å²) in [7, 11) is 0. The minimum Gasteiger partial charge on any atom is -0.466 e. The highest BCUT2D eigenvalue weighted by molar-refractivity contribution is 7.15. The van der Waals surface area contributed by atoms with E-state index in [4.69, 9.17) is 4.74 Å². The second kappa shape index (κ2) is 8.73. The van der Waals surface area contributed by atoms with Crippen LogP contribution in [0.2, 0.25) is 0 Å². The maximum atomic E-state index is 11.7. The number of nitrogens with one attached hydrogen (secondary N) is 1. The molecule has 0 unspecified atom stereocenters. The predicted molar refractivity (Wildman–Crippen MR) is 107 cm³/mol. The molecule has 3 rings (SSSR count). The second-order valence-electron chi connectivity index (χ2n) is 6.28. The van der Waals surface area contributed by atoms with Gasteiger partial charge >= 0.3 is 5.97 Å². The summed E-state index contributed by atoms with van der Waals surface area (Å²) < 4.78 is 4.99. The number of anilines is 2. The van der Waals surface area contributed by atoms with Crippen LogP contribution in [0.15, 0.2) is 42.7 Å². The van der Waals surface area contributed by atoms with Gasteiger partial charge in [-0.2, -0.15) is 0 Å². The fraction of sp³-hybridized carbons (Fsp3) is 0.300. The molecule has 0 atom stereocenters. The average Bonchev–Trinajstić information content (AvgIpc) is 3.13. The Morgan fingerprint density at radius 1 is 1.22 bits per heavy atom. The van der Waals surface area contributed by atoms with Crippen molar-refractivity contribution in [1.29, 1.82) is 0 Å². The van der Waals surface area contributed by atoms with Gasteiger partial charge in [0.25, 0.3) is 0 Å². The Kier molecular flexibility index (Phi) is 6.13. The lowest BCUT2D eigenvalue weighted by atomic mass is 10.2. The van der Waals surface area contributed by atoms with Gasteiger partial charge in [0.05, 0.1) is 28.6 Å². The molecule has 0 radical (unpaired) electrons. The van der Waals surface area contributed by atoms with Crippen molar-refractivity contribution < 1.29 is 9.53 Å². The number of thiazole rings is 1. The Bertz CT molecular complexity index is 924. The highest BCUT2D eigenvalue weighted by Crippen LogP contribution is 2.29. The molecule has 0 bridgehead atoms. The number of pyridine rings is 2. The first-order valence-electron chi connectivity index (χ1n) is 8.86. The van der Waals surface area contributed by atoms with E-state index in [0.717, 1.165) is 21.1 Å². The summed E-state index contributed by atoms with van der Waals surface area (Å²) in [4.78, 5) is 26.1. The van der Waals surface area contributed by atoms with E-state index in [1.54, 1.807) is 30.5 Å². The minimum absolute atomic E-state index is 0.220. The maximum absolute atomic E-state index is 11.7. The normalized spacial score (nSPS) is 10.8. The molecule has 0 aromatic carbocycles. The largest absolute Gasteiger partial charge is 0.466 e. The molecule has 0 aliphatic rings. The van der Waals surface area contributed by atoms with E-state index < -0.39 is 0 Å². The summed E-state index contributed by atoms with van der Waals surface area (Å²) in [5, 5.41) is 4.29. The van der Waals surface area contributed by atoms with Crippen LogP contribution < -0.4 is 5.32 Å². The van der Waals surface area contributed by atoms with E-state index in [1.165, 1.54) is 0 Å². The molecule has 0 fully saturated rings. The standard InChI is InChI=1S/C20H22N4O2S/c1-4-26-19(25)11-14-8-9-21-18(10-14)24-17-7-5-6-15(23-17)16-12-22-20(27-16)13(2)3/h5-10,12-13H,4,11H2,1-3H3,(H,21,23,24). The van der Waals surface area contributed by atoms with Gasteiger partial charge in [-0.1, -0.05) is 19.9 Å². The first-order chi connectivity index (χ1) is 13.0. The molecule has 3 aromatic heterocycles. The molecule has 0 saturated carbocycles. The van der Waals surface area contributed by atoms with Gasteiger partial charge in [-0.3, -0.25) is 4.79 Å². The summed E-state index contributed by atoms with van der Waals surface area (Å²) in [6, 6.07) is 9.43. The minimum atomic E-state index is -0.249. The Labute approximate surface area is 162 Å². The molecule has 6 nitrogen and oxygen atoms in total. The number of nitrogens with zero attached hydrogens (tertiary/aromatic N) is 3. The lowest BCUT2D eigenvalue weighted by molar-refractivity contribution is -0.142. The van der Waals surface area contributed by atoms with Crippen molar-refractivity contribution in [3.05, 3.63) is 53.3 Å². The highest BCUT2D eigenvalue weighted by atomic mass is 32.1. The SMILES string of the molecule is CCOC(=O)Cc1ccnc(Nc2cccc(-c3cnc(C(C)C)s3)n2)c1. The molecule has 27 heavy (non-hydrogen) atoms. The van der Waals surface area contributed by atoms with E-state index in [0.29, 0.717) is 24.2 Å². The summed E-state index contributed by atoms with van der Waals surface area (Å²) in [6.45, 7) is 6.43. The molecule has 140 valence electrons. The van der Waals surface area contributed by atoms with Gasteiger partial charge in [-0.15, -0.1) is 11.3 Å². The first-order valence-corrected chi connectivity index (χ1v) is 9.67. The Morgan fingerprint density at radius 2 is 2.07 bits per heavy atom. The Balaban J connectivity index is 1.75. The van der Waals surface area contributed by atoms with Gasteiger partial charge in [0.1, 0.15) is 11.6 Å². The van der Waals surface area contributed by atoms with Crippen molar-refractivity contribution in [2.24, 2.45) is 0 Å². The van der Waals surface area contributed by atoms with Crippen LogP contribution in [0.3, 0.4) is 0 Å². The van der Waals surface area contributed by atoms with Crippen LogP contribution >= 0.6 is 11.3 Å². The smallest absolute Gasteiger partial charge is 0.310 e. The molecular formula is C20H22N4O2S. The molecule has 1 N–H and O–H groups in total. The monoisotopic (exact) mass is 382 g/mol.